The first-order valence-electron chi connectivity index (χ1n) is 4.76. The summed E-state index contributed by atoms with van der Waals surface area (Å²) in [7, 11) is 0. The molecule has 0 N–H and O–H groups in total. The molecule has 0 amide bonds. The van der Waals surface area contributed by atoms with Crippen LogP contribution in [0, 0.1) is 0 Å². The van der Waals surface area contributed by atoms with Crippen molar-refractivity contribution in [1.29, 1.82) is 0 Å². The van der Waals surface area contributed by atoms with Gasteiger partial charge in [0.05, 0.1) is 0 Å². The number of aliphatic carboxylic acids is 2. The van der Waals surface area contributed by atoms with Gasteiger partial charge in [0.2, 0.25) is 0 Å². The second-order valence-corrected chi connectivity index (χ2v) is 2.88. The Morgan fingerprint density at radius 1 is 0.765 bits per heavy atom. The summed E-state index contributed by atoms with van der Waals surface area (Å²) in [4.78, 5) is 39.7. The van der Waals surface area contributed by atoms with Gasteiger partial charge in [-0.15, -0.1) is 0 Å². The van der Waals surface area contributed by atoms with Crippen LogP contribution in [0.5, 0.6) is 0 Å². The van der Waals surface area contributed by atoms with Crippen LogP contribution in [0.4, 0.5) is 0 Å². The van der Waals surface area contributed by atoms with Crippen molar-refractivity contribution in [2.24, 2.45) is 0 Å². The summed E-state index contributed by atoms with van der Waals surface area (Å²) in [6, 6.07) is 0. The van der Waals surface area contributed by atoms with E-state index in [-0.39, 0.29) is 47.5 Å². The largest absolute Gasteiger partial charge is 2.00 e. The molecule has 0 aromatic rings. The molecule has 0 rings (SSSR count). The van der Waals surface area contributed by atoms with Gasteiger partial charge in [-0.05, 0) is 0 Å². The summed E-state index contributed by atoms with van der Waals surface area (Å²) in [5.41, 5.74) is 0. The Labute approximate surface area is 116 Å². The predicted molar refractivity (Wildman–Crippen MR) is 55.6 cm³/mol. The smallest absolute Gasteiger partial charge is 0.550 e. The molecule has 0 radical (unpaired) electrons. The second-order valence-electron chi connectivity index (χ2n) is 2.88. The van der Waals surface area contributed by atoms with Crippen molar-refractivity contribution >= 4 is 46.6 Å². The number of carbonyl (C=O) groups is 4. The molecule has 0 atom stereocenters. The summed E-state index contributed by atoms with van der Waals surface area (Å²) in [5.74, 6) is -3.16. The Bertz CT molecular complexity index is 246. The fraction of sp³-hybridized carbons (Fsp3) is 0.600. The van der Waals surface area contributed by atoms with Gasteiger partial charge < -0.3 is 19.8 Å². The number of Topliss-reactive ketones (excluding diaryl/α,β-unsaturated/α-hetero) is 2. The average Bonchev–Trinajstić information content (AvgIpc) is 2.16. The maximum atomic E-state index is 10.2. The van der Waals surface area contributed by atoms with E-state index < -0.39 is 24.8 Å². The SMILES string of the molecule is CCC(=O)CC(=O)[O-].CCC(=O)CC(=O)[O-].[Mg+2]. The third-order valence-corrected chi connectivity index (χ3v) is 1.47. The zero-order valence-corrected chi connectivity index (χ0v) is 11.4. The number of rotatable bonds is 6. The molecule has 0 aliphatic carbocycles. The van der Waals surface area contributed by atoms with Crippen molar-refractivity contribution in [3.8, 4) is 0 Å². The van der Waals surface area contributed by atoms with Crippen LogP contribution >= 0.6 is 0 Å². The quantitative estimate of drug-likeness (QED) is 0.393. The van der Waals surface area contributed by atoms with E-state index in [0.717, 1.165) is 0 Å². The van der Waals surface area contributed by atoms with E-state index in [2.05, 4.69) is 0 Å². The summed E-state index contributed by atoms with van der Waals surface area (Å²) in [6.07, 6.45) is -0.352. The van der Waals surface area contributed by atoms with E-state index in [9.17, 15) is 29.4 Å². The molecule has 0 unspecified atom stereocenters. The predicted octanol–water partition coefficient (Wildman–Crippen LogP) is -2.17. The van der Waals surface area contributed by atoms with Gasteiger partial charge in [-0.3, -0.25) is 9.59 Å². The molecule has 6 nitrogen and oxygen atoms in total. The molecule has 0 fully saturated rings. The number of hydrogen-bond acceptors (Lipinski definition) is 6. The molecule has 17 heavy (non-hydrogen) atoms. The monoisotopic (exact) mass is 254 g/mol. The average molecular weight is 255 g/mol. The minimum Gasteiger partial charge on any atom is -0.550 e. The fourth-order valence-corrected chi connectivity index (χ4v) is 0.572. The molecular formula is C10H14MgO6. The summed E-state index contributed by atoms with van der Waals surface area (Å²) in [6.45, 7) is 3.23. The summed E-state index contributed by atoms with van der Waals surface area (Å²) >= 11 is 0. The number of hydrogen-bond donors (Lipinski definition) is 0. The molecule has 0 aromatic carbocycles. The normalized spacial score (nSPS) is 8.12. The maximum absolute atomic E-state index is 10.2. The zero-order chi connectivity index (χ0) is 13.1. The van der Waals surface area contributed by atoms with Gasteiger partial charge >= 0.3 is 23.1 Å². The maximum Gasteiger partial charge on any atom is 2.00 e. The molecule has 0 heterocycles. The van der Waals surface area contributed by atoms with Crippen molar-refractivity contribution in [2.45, 2.75) is 39.5 Å². The van der Waals surface area contributed by atoms with E-state index >= 15 is 0 Å². The molecule has 0 saturated heterocycles. The first kappa shape index (κ1) is 21.3. The van der Waals surface area contributed by atoms with Gasteiger partial charge in [-0.2, -0.15) is 0 Å². The molecule has 7 heteroatoms. The Morgan fingerprint density at radius 3 is 1.06 bits per heavy atom. The zero-order valence-electron chi connectivity index (χ0n) is 9.99. The Balaban J connectivity index is -0.000000218. The molecule has 0 spiro atoms. The van der Waals surface area contributed by atoms with Gasteiger partial charge in [0, 0.05) is 37.6 Å². The molecule has 0 bridgehead atoms. The van der Waals surface area contributed by atoms with E-state index in [1.54, 1.807) is 13.8 Å². The molecular weight excluding hydrogens is 240 g/mol. The summed E-state index contributed by atoms with van der Waals surface area (Å²) in [5, 5.41) is 19.3. The van der Waals surface area contributed by atoms with Crippen LogP contribution in [0.2, 0.25) is 0 Å². The number of carbonyl (C=O) groups excluding carboxylic acids is 4. The molecule has 0 aliphatic rings. The van der Waals surface area contributed by atoms with E-state index in [1.165, 1.54) is 0 Å². The Morgan fingerprint density at radius 2 is 1.00 bits per heavy atom. The van der Waals surface area contributed by atoms with E-state index in [1.807, 2.05) is 0 Å². The standard InChI is InChI=1S/2C5H8O3.Mg/c2*1-2-4(6)3-5(7)8;/h2*2-3H2,1H3,(H,7,8);/q;;+2/p-2. The van der Waals surface area contributed by atoms with Crippen molar-refractivity contribution in [2.75, 3.05) is 0 Å². The third-order valence-electron chi connectivity index (χ3n) is 1.47. The Kier molecular flexibility index (Phi) is 16.5. The second kappa shape index (κ2) is 13.1. The molecule has 0 saturated carbocycles. The third kappa shape index (κ3) is 21.0. The van der Waals surface area contributed by atoms with Crippen LogP contribution in [0.3, 0.4) is 0 Å². The van der Waals surface area contributed by atoms with Crippen LogP contribution in [0.1, 0.15) is 39.5 Å². The van der Waals surface area contributed by atoms with E-state index in [4.69, 9.17) is 0 Å². The minimum atomic E-state index is -1.29. The van der Waals surface area contributed by atoms with Crippen LogP contribution in [-0.4, -0.2) is 46.6 Å². The Hall–Kier alpha value is -0.954. The number of carboxylic acids is 2. The molecule has 0 aliphatic heterocycles. The van der Waals surface area contributed by atoms with Crippen molar-refractivity contribution in [3.05, 3.63) is 0 Å². The van der Waals surface area contributed by atoms with Crippen LogP contribution in [0.15, 0.2) is 0 Å². The van der Waals surface area contributed by atoms with Crippen LogP contribution in [0.25, 0.3) is 0 Å². The van der Waals surface area contributed by atoms with Crippen molar-refractivity contribution in [3.63, 3.8) is 0 Å². The van der Waals surface area contributed by atoms with Gasteiger partial charge in [-0.25, -0.2) is 0 Å². The minimum absolute atomic E-state index is 0. The van der Waals surface area contributed by atoms with E-state index in [0.29, 0.717) is 0 Å². The summed E-state index contributed by atoms with van der Waals surface area (Å²) < 4.78 is 0. The van der Waals surface area contributed by atoms with Gasteiger partial charge in [0.1, 0.15) is 11.6 Å². The van der Waals surface area contributed by atoms with Gasteiger partial charge in [0.25, 0.3) is 0 Å². The topological polar surface area (TPSA) is 114 Å². The van der Waals surface area contributed by atoms with Crippen molar-refractivity contribution < 1.29 is 29.4 Å². The first-order valence-corrected chi connectivity index (χ1v) is 4.76. The van der Waals surface area contributed by atoms with Gasteiger partial charge in [0.15, 0.2) is 0 Å². The van der Waals surface area contributed by atoms with Crippen molar-refractivity contribution in [1.82, 2.24) is 0 Å². The fourth-order valence-electron chi connectivity index (χ4n) is 0.572. The number of ketones is 2. The molecule has 92 valence electrons. The van der Waals surface area contributed by atoms with Crippen LogP contribution < -0.4 is 10.2 Å². The van der Waals surface area contributed by atoms with Crippen LogP contribution in [-0.2, 0) is 19.2 Å². The number of carboxylic acid groups (broad SMARTS) is 2. The molecule has 0 aromatic heterocycles. The van der Waals surface area contributed by atoms with Gasteiger partial charge in [-0.1, -0.05) is 13.8 Å². The first-order chi connectivity index (χ1) is 7.33.